The lowest BCUT2D eigenvalue weighted by atomic mass is 10.2. The molecule has 1 rings (SSSR count). The fraction of sp³-hybridized carbons (Fsp3) is 0.111. The summed E-state index contributed by atoms with van der Waals surface area (Å²) in [5, 5.41) is 19.1. The third-order valence-corrected chi connectivity index (χ3v) is 2.27. The predicted molar refractivity (Wildman–Crippen MR) is 49.5 cm³/mol. The van der Waals surface area contributed by atoms with Gasteiger partial charge >= 0.3 is 0 Å². The minimum atomic E-state index is 0.00458. The fourth-order valence-electron chi connectivity index (χ4n) is 0.860. The maximum absolute atomic E-state index is 8.62. The van der Waals surface area contributed by atoms with E-state index in [1.54, 1.807) is 18.2 Å². The Bertz CT molecular complexity index is 376. The third-order valence-electron chi connectivity index (χ3n) is 1.40. The first kappa shape index (κ1) is 9.31. The van der Waals surface area contributed by atoms with Crippen LogP contribution in [-0.4, -0.2) is 7.11 Å². The van der Waals surface area contributed by atoms with E-state index in [1.807, 2.05) is 11.4 Å². The quantitative estimate of drug-likeness (QED) is 0.530. The molecule has 4 heteroatoms. The first-order chi connectivity index (χ1) is 6.33. The van der Waals surface area contributed by atoms with Gasteiger partial charge in [-0.05, 0) is 11.4 Å². The van der Waals surface area contributed by atoms with Gasteiger partial charge in [0.2, 0.25) is 0 Å². The molecule has 0 saturated heterocycles. The van der Waals surface area contributed by atoms with E-state index in [0.29, 0.717) is 5.76 Å². The summed E-state index contributed by atoms with van der Waals surface area (Å²) in [5.41, 5.74) is 0.00458. The van der Waals surface area contributed by atoms with Crippen molar-refractivity contribution < 1.29 is 4.74 Å². The minimum absolute atomic E-state index is 0.00458. The molecule has 1 aromatic heterocycles. The molecule has 0 aliphatic heterocycles. The van der Waals surface area contributed by atoms with Gasteiger partial charge in [-0.3, -0.25) is 0 Å². The molecule has 0 aliphatic carbocycles. The van der Waals surface area contributed by atoms with Gasteiger partial charge in [-0.2, -0.15) is 10.5 Å². The number of nitrogens with zero attached hydrogens (tertiary/aromatic N) is 2. The third kappa shape index (κ3) is 1.87. The molecular formula is C9H6N2OS. The molecule has 0 atom stereocenters. The van der Waals surface area contributed by atoms with E-state index >= 15 is 0 Å². The summed E-state index contributed by atoms with van der Waals surface area (Å²) >= 11 is 1.43. The fourth-order valence-corrected chi connectivity index (χ4v) is 1.61. The van der Waals surface area contributed by atoms with E-state index in [1.165, 1.54) is 18.4 Å². The zero-order chi connectivity index (χ0) is 9.68. The van der Waals surface area contributed by atoms with Gasteiger partial charge in [0.25, 0.3) is 0 Å². The molecule has 0 spiro atoms. The van der Waals surface area contributed by atoms with Crippen molar-refractivity contribution in [2.24, 2.45) is 0 Å². The standard InChI is InChI=1S/C9H6N2OS/c1-12-9(7(5-10)6-11)8-3-2-4-13-8/h2-4H,1H3. The molecule has 0 aromatic carbocycles. The Morgan fingerprint density at radius 2 is 2.15 bits per heavy atom. The molecule has 64 valence electrons. The maximum atomic E-state index is 8.62. The lowest BCUT2D eigenvalue weighted by Gasteiger charge is -2.01. The van der Waals surface area contributed by atoms with E-state index in [-0.39, 0.29) is 5.57 Å². The first-order valence-electron chi connectivity index (χ1n) is 3.45. The van der Waals surface area contributed by atoms with Crippen LogP contribution in [0.5, 0.6) is 0 Å². The second-order valence-corrected chi connectivity index (χ2v) is 3.06. The SMILES string of the molecule is COC(=C(C#N)C#N)c1cccs1. The van der Waals surface area contributed by atoms with Crippen molar-refractivity contribution in [3.8, 4) is 12.1 Å². The average Bonchev–Trinajstić information content (AvgIpc) is 2.66. The van der Waals surface area contributed by atoms with Gasteiger partial charge in [0.15, 0.2) is 11.3 Å². The Morgan fingerprint density at radius 1 is 1.46 bits per heavy atom. The topological polar surface area (TPSA) is 56.8 Å². The number of methoxy groups -OCH3 is 1. The van der Waals surface area contributed by atoms with Gasteiger partial charge in [-0.15, -0.1) is 11.3 Å². The zero-order valence-electron chi connectivity index (χ0n) is 6.94. The van der Waals surface area contributed by atoms with Crippen molar-refractivity contribution in [1.29, 1.82) is 10.5 Å². The summed E-state index contributed by atoms with van der Waals surface area (Å²) in [7, 11) is 1.45. The number of hydrogen-bond donors (Lipinski definition) is 0. The van der Waals surface area contributed by atoms with Crippen molar-refractivity contribution in [2.75, 3.05) is 7.11 Å². The monoisotopic (exact) mass is 190 g/mol. The minimum Gasteiger partial charge on any atom is -0.493 e. The molecule has 3 nitrogen and oxygen atoms in total. The van der Waals surface area contributed by atoms with Gasteiger partial charge in [0.1, 0.15) is 12.1 Å². The molecular weight excluding hydrogens is 184 g/mol. The molecule has 0 aliphatic rings. The normalized spacial score (nSPS) is 8.23. The summed E-state index contributed by atoms with van der Waals surface area (Å²) in [5.74, 6) is 0.347. The highest BCUT2D eigenvalue weighted by atomic mass is 32.1. The lowest BCUT2D eigenvalue weighted by molar-refractivity contribution is 0.370. The average molecular weight is 190 g/mol. The van der Waals surface area contributed by atoms with Crippen molar-refractivity contribution in [3.63, 3.8) is 0 Å². The molecule has 0 amide bonds. The summed E-state index contributed by atoms with van der Waals surface area (Å²) in [6.07, 6.45) is 0. The van der Waals surface area contributed by atoms with E-state index in [0.717, 1.165) is 4.88 Å². The van der Waals surface area contributed by atoms with Crippen LogP contribution in [0.3, 0.4) is 0 Å². The molecule has 1 heterocycles. The van der Waals surface area contributed by atoms with Gasteiger partial charge < -0.3 is 4.74 Å². The second kappa shape index (κ2) is 4.30. The Hall–Kier alpha value is -1.78. The van der Waals surface area contributed by atoms with Crippen LogP contribution in [0, 0.1) is 22.7 Å². The van der Waals surface area contributed by atoms with Crippen molar-refractivity contribution in [1.82, 2.24) is 0 Å². The van der Waals surface area contributed by atoms with Gasteiger partial charge in [-0.25, -0.2) is 0 Å². The highest BCUT2D eigenvalue weighted by molar-refractivity contribution is 7.11. The van der Waals surface area contributed by atoms with Crippen molar-refractivity contribution in [2.45, 2.75) is 0 Å². The van der Waals surface area contributed by atoms with Gasteiger partial charge in [-0.1, -0.05) is 6.07 Å². The summed E-state index contributed by atoms with van der Waals surface area (Å²) < 4.78 is 4.98. The van der Waals surface area contributed by atoms with Gasteiger partial charge in [0.05, 0.1) is 12.0 Å². The summed E-state index contributed by atoms with van der Waals surface area (Å²) in [4.78, 5) is 0.792. The number of thiophene rings is 1. The van der Waals surface area contributed by atoms with Crippen molar-refractivity contribution in [3.05, 3.63) is 28.0 Å². The van der Waals surface area contributed by atoms with Crippen molar-refractivity contribution >= 4 is 17.1 Å². The highest BCUT2D eigenvalue weighted by Gasteiger charge is 2.09. The lowest BCUT2D eigenvalue weighted by Crippen LogP contribution is -1.88. The number of hydrogen-bond acceptors (Lipinski definition) is 4. The zero-order valence-corrected chi connectivity index (χ0v) is 7.76. The van der Waals surface area contributed by atoms with Crippen LogP contribution in [0.1, 0.15) is 4.88 Å². The Labute approximate surface area is 80.1 Å². The number of ether oxygens (including phenoxy) is 1. The van der Waals surface area contributed by atoms with E-state index in [4.69, 9.17) is 15.3 Å². The number of nitriles is 2. The van der Waals surface area contributed by atoms with E-state index in [9.17, 15) is 0 Å². The van der Waals surface area contributed by atoms with Crippen LogP contribution in [0.25, 0.3) is 5.76 Å². The maximum Gasteiger partial charge on any atom is 0.172 e. The van der Waals surface area contributed by atoms with Crippen LogP contribution in [0.15, 0.2) is 23.1 Å². The van der Waals surface area contributed by atoms with Crippen LogP contribution in [0.4, 0.5) is 0 Å². The molecule has 0 fully saturated rings. The molecule has 13 heavy (non-hydrogen) atoms. The molecule has 0 saturated carbocycles. The molecule has 0 radical (unpaired) electrons. The smallest absolute Gasteiger partial charge is 0.172 e. The summed E-state index contributed by atoms with van der Waals surface area (Å²) in [6, 6.07) is 7.22. The Balaban J connectivity index is 3.21. The van der Waals surface area contributed by atoms with Gasteiger partial charge in [0, 0.05) is 0 Å². The largest absolute Gasteiger partial charge is 0.493 e. The van der Waals surface area contributed by atoms with Crippen LogP contribution in [0.2, 0.25) is 0 Å². The molecule has 0 unspecified atom stereocenters. The first-order valence-corrected chi connectivity index (χ1v) is 4.33. The molecule has 0 bridgehead atoms. The Morgan fingerprint density at radius 3 is 2.54 bits per heavy atom. The predicted octanol–water partition coefficient (Wildman–Crippen LogP) is 2.15. The second-order valence-electron chi connectivity index (χ2n) is 2.11. The number of rotatable bonds is 2. The van der Waals surface area contributed by atoms with Crippen LogP contribution in [-0.2, 0) is 4.74 Å². The highest BCUT2D eigenvalue weighted by Crippen LogP contribution is 2.23. The van der Waals surface area contributed by atoms with Crippen LogP contribution >= 0.6 is 11.3 Å². The van der Waals surface area contributed by atoms with Crippen LogP contribution < -0.4 is 0 Å². The number of allylic oxidation sites excluding steroid dienone is 1. The Kier molecular flexibility index (Phi) is 3.08. The molecule has 1 aromatic rings. The van der Waals surface area contributed by atoms with E-state index in [2.05, 4.69) is 0 Å². The summed E-state index contributed by atoms with van der Waals surface area (Å²) in [6.45, 7) is 0. The molecule has 0 N–H and O–H groups in total. The van der Waals surface area contributed by atoms with E-state index < -0.39 is 0 Å².